The lowest BCUT2D eigenvalue weighted by Crippen LogP contribution is -2.38. The molecule has 2 atom stereocenters. The molecule has 0 amide bonds. The van der Waals surface area contributed by atoms with Gasteiger partial charge in [-0.2, -0.15) is 0 Å². The first-order valence-corrected chi connectivity index (χ1v) is 7.95. The molecule has 2 unspecified atom stereocenters. The molecular formula is C16H20F2N2S. The highest BCUT2D eigenvalue weighted by Gasteiger charge is 2.37. The first kappa shape index (κ1) is 16.3. The zero-order valence-corrected chi connectivity index (χ0v) is 12.7. The van der Waals surface area contributed by atoms with Gasteiger partial charge in [-0.25, -0.2) is 20.3 Å². The van der Waals surface area contributed by atoms with Crippen molar-refractivity contribution in [3.05, 3.63) is 23.6 Å². The zero-order chi connectivity index (χ0) is 15.2. The second-order valence-electron chi connectivity index (χ2n) is 6.06. The van der Waals surface area contributed by atoms with Gasteiger partial charge in [0.15, 0.2) is 0 Å². The summed E-state index contributed by atoms with van der Waals surface area (Å²) in [6, 6.07) is -0.802. The average molecular weight is 310 g/mol. The highest BCUT2D eigenvalue weighted by molar-refractivity contribution is 7.78. The first-order chi connectivity index (χ1) is 10.1. The van der Waals surface area contributed by atoms with Crippen LogP contribution in [-0.4, -0.2) is 29.6 Å². The Bertz CT molecular complexity index is 447. The molecule has 2 fully saturated rings. The van der Waals surface area contributed by atoms with Gasteiger partial charge in [0.05, 0.1) is 5.16 Å². The van der Waals surface area contributed by atoms with Gasteiger partial charge in [-0.05, 0) is 49.7 Å². The van der Waals surface area contributed by atoms with E-state index < -0.39 is 18.4 Å². The van der Waals surface area contributed by atoms with Crippen LogP contribution in [0.15, 0.2) is 17.1 Å². The molecule has 0 heterocycles. The van der Waals surface area contributed by atoms with Crippen LogP contribution in [-0.2, 0) is 0 Å². The van der Waals surface area contributed by atoms with Crippen molar-refractivity contribution in [3.63, 3.8) is 0 Å². The fourth-order valence-corrected chi connectivity index (χ4v) is 3.42. The van der Waals surface area contributed by atoms with Crippen LogP contribution in [0.4, 0.5) is 8.78 Å². The van der Waals surface area contributed by atoms with E-state index in [9.17, 15) is 8.78 Å². The molecule has 0 radical (unpaired) electrons. The predicted molar refractivity (Wildman–Crippen MR) is 82.8 cm³/mol. The second kappa shape index (κ2) is 7.77. The third kappa shape index (κ3) is 4.43. The van der Waals surface area contributed by atoms with E-state index in [0.29, 0.717) is 18.8 Å². The van der Waals surface area contributed by atoms with Gasteiger partial charge in [-0.15, -0.1) is 0 Å². The molecule has 2 rings (SSSR count). The van der Waals surface area contributed by atoms with Gasteiger partial charge >= 0.3 is 0 Å². The Morgan fingerprint density at radius 2 is 1.62 bits per heavy atom. The molecule has 0 spiro atoms. The number of hydrogen-bond acceptors (Lipinski definition) is 2. The Labute approximate surface area is 130 Å². The molecule has 2 aliphatic carbocycles. The van der Waals surface area contributed by atoms with Crippen LogP contribution < -0.4 is 0 Å². The molecular weight excluding hydrogens is 290 g/mol. The summed E-state index contributed by atoms with van der Waals surface area (Å²) in [6.07, 6.45) is 6.01. The molecule has 114 valence electrons. The molecule has 0 aromatic heterocycles. The van der Waals surface area contributed by atoms with E-state index in [1.807, 2.05) is 6.08 Å². The molecule has 2 nitrogen and oxygen atoms in total. The maximum absolute atomic E-state index is 13.9. The number of aliphatic imine (C=N–C) groups is 1. The minimum atomic E-state index is -1.28. The Morgan fingerprint density at radius 1 is 1.05 bits per heavy atom. The number of thiocarbonyl (C=S) groups is 1. The Hall–Kier alpha value is -1.11. The van der Waals surface area contributed by atoms with Crippen molar-refractivity contribution in [1.29, 1.82) is 0 Å². The summed E-state index contributed by atoms with van der Waals surface area (Å²) in [4.78, 5) is 7.19. The SMILES string of the molecule is [C-]#[N+]C1CCC(/C=C/C2CC(F)C(N=C=S)C(F)C2)CC1. The third-order valence-electron chi connectivity index (χ3n) is 4.58. The summed E-state index contributed by atoms with van der Waals surface area (Å²) >= 11 is 4.44. The van der Waals surface area contributed by atoms with Crippen molar-refractivity contribution >= 4 is 17.4 Å². The van der Waals surface area contributed by atoms with E-state index in [-0.39, 0.29) is 12.0 Å². The standard InChI is InChI=1S/C16H20F2N2S/c1-19-13-6-4-11(5-7-13)2-3-12-8-14(17)16(20-10-21)15(18)9-12/h2-3,11-16H,4-9H2/b3-2+. The van der Waals surface area contributed by atoms with Crippen molar-refractivity contribution in [2.45, 2.75) is 63.0 Å². The Kier molecular flexibility index (Phi) is 6.02. The lowest BCUT2D eigenvalue weighted by atomic mass is 9.81. The van der Waals surface area contributed by atoms with E-state index in [1.54, 1.807) is 0 Å². The van der Waals surface area contributed by atoms with Crippen LogP contribution in [0, 0.1) is 18.4 Å². The molecule has 5 heteroatoms. The van der Waals surface area contributed by atoms with Gasteiger partial charge in [0.2, 0.25) is 6.04 Å². The topological polar surface area (TPSA) is 16.7 Å². The molecule has 0 aliphatic heterocycles. The van der Waals surface area contributed by atoms with E-state index in [4.69, 9.17) is 6.57 Å². The van der Waals surface area contributed by atoms with Crippen LogP contribution in [0.25, 0.3) is 4.85 Å². The van der Waals surface area contributed by atoms with Crippen molar-refractivity contribution in [3.8, 4) is 0 Å². The van der Waals surface area contributed by atoms with Gasteiger partial charge in [-0.3, -0.25) is 0 Å². The number of isothiocyanates is 1. The lowest BCUT2D eigenvalue weighted by Gasteiger charge is -2.30. The number of rotatable bonds is 3. The Morgan fingerprint density at radius 3 is 2.14 bits per heavy atom. The maximum Gasteiger partial charge on any atom is 0.223 e. The lowest BCUT2D eigenvalue weighted by molar-refractivity contribution is 0.106. The molecule has 21 heavy (non-hydrogen) atoms. The van der Waals surface area contributed by atoms with Gasteiger partial charge in [0, 0.05) is 12.8 Å². The largest absolute Gasteiger partial charge is 0.314 e. The number of alkyl halides is 2. The van der Waals surface area contributed by atoms with Crippen LogP contribution in [0.3, 0.4) is 0 Å². The van der Waals surface area contributed by atoms with Crippen LogP contribution in [0.2, 0.25) is 0 Å². The number of hydrogen-bond donors (Lipinski definition) is 0. The monoisotopic (exact) mass is 310 g/mol. The molecule has 0 aromatic rings. The van der Waals surface area contributed by atoms with Crippen molar-refractivity contribution in [1.82, 2.24) is 0 Å². The normalized spacial score (nSPS) is 40.4. The molecule has 2 aliphatic rings. The third-order valence-corrected chi connectivity index (χ3v) is 4.68. The van der Waals surface area contributed by atoms with Crippen LogP contribution in [0.1, 0.15) is 38.5 Å². The van der Waals surface area contributed by atoms with Crippen molar-refractivity contribution in [2.24, 2.45) is 16.8 Å². The van der Waals surface area contributed by atoms with E-state index in [1.165, 1.54) is 0 Å². The summed E-state index contributed by atoms with van der Waals surface area (Å²) in [7, 11) is 0. The smallest absolute Gasteiger partial charge is 0.223 e. The zero-order valence-electron chi connectivity index (χ0n) is 11.9. The number of halogens is 2. The number of nitrogens with zero attached hydrogens (tertiary/aromatic N) is 2. The predicted octanol–water partition coefficient (Wildman–Crippen LogP) is 4.58. The highest BCUT2D eigenvalue weighted by atomic mass is 32.1. The molecule has 0 bridgehead atoms. The van der Waals surface area contributed by atoms with Gasteiger partial charge in [-0.1, -0.05) is 12.2 Å². The highest BCUT2D eigenvalue weighted by Crippen LogP contribution is 2.33. The first-order valence-electron chi connectivity index (χ1n) is 7.54. The quantitative estimate of drug-likeness (QED) is 0.323. The number of allylic oxidation sites excluding steroid dienone is 2. The van der Waals surface area contributed by atoms with E-state index in [0.717, 1.165) is 25.7 Å². The Balaban J connectivity index is 1.85. The minimum absolute atomic E-state index is 0.0647. The molecule has 2 saturated carbocycles. The molecule has 0 aromatic carbocycles. The van der Waals surface area contributed by atoms with E-state index >= 15 is 0 Å². The van der Waals surface area contributed by atoms with Gasteiger partial charge < -0.3 is 4.85 Å². The summed E-state index contributed by atoms with van der Waals surface area (Å²) in [5.41, 5.74) is 0. The van der Waals surface area contributed by atoms with Gasteiger partial charge in [0.25, 0.3) is 0 Å². The van der Waals surface area contributed by atoms with E-state index in [2.05, 4.69) is 33.3 Å². The summed E-state index contributed by atoms with van der Waals surface area (Å²) in [5, 5.41) is 2.09. The van der Waals surface area contributed by atoms with Crippen LogP contribution in [0.5, 0.6) is 0 Å². The van der Waals surface area contributed by atoms with Crippen LogP contribution >= 0.6 is 12.2 Å². The average Bonchev–Trinajstić information content (AvgIpc) is 2.49. The molecule has 0 N–H and O–H groups in total. The van der Waals surface area contributed by atoms with Crippen molar-refractivity contribution < 1.29 is 8.78 Å². The summed E-state index contributed by atoms with van der Waals surface area (Å²) in [6.45, 7) is 7.03. The fourth-order valence-electron chi connectivity index (χ4n) is 3.30. The second-order valence-corrected chi connectivity index (χ2v) is 6.24. The summed E-state index contributed by atoms with van der Waals surface area (Å²) < 4.78 is 27.8. The molecule has 0 saturated heterocycles. The summed E-state index contributed by atoms with van der Waals surface area (Å²) in [5.74, 6) is 0.390. The minimum Gasteiger partial charge on any atom is -0.314 e. The van der Waals surface area contributed by atoms with Crippen molar-refractivity contribution in [2.75, 3.05) is 0 Å². The van der Waals surface area contributed by atoms with Gasteiger partial charge in [0.1, 0.15) is 18.4 Å². The fraction of sp³-hybridized carbons (Fsp3) is 0.750. The maximum atomic E-state index is 13.9.